The van der Waals surface area contributed by atoms with E-state index in [0.29, 0.717) is 18.9 Å². The van der Waals surface area contributed by atoms with Crippen molar-refractivity contribution in [2.75, 3.05) is 6.54 Å². The first kappa shape index (κ1) is 12.2. The number of fused-ring (bicyclic) bond motifs is 1. The molecule has 3 rings (SSSR count). The fourth-order valence-corrected chi connectivity index (χ4v) is 3.30. The summed E-state index contributed by atoms with van der Waals surface area (Å²) in [6.45, 7) is 1.10. The lowest BCUT2D eigenvalue weighted by Gasteiger charge is -2.31. The zero-order chi connectivity index (χ0) is 13.4. The quantitative estimate of drug-likeness (QED) is 0.878. The lowest BCUT2D eigenvalue weighted by Crippen LogP contribution is -2.38. The van der Waals surface area contributed by atoms with Gasteiger partial charge in [-0.05, 0) is 28.6 Å². The number of hydrogen-bond acceptors (Lipinski definition) is 6. The average Bonchev–Trinajstić information content (AvgIpc) is 2.97. The first-order valence-electron chi connectivity index (χ1n) is 5.91. The normalized spacial score (nSPS) is 19.3. The minimum absolute atomic E-state index is 0.403. The van der Waals surface area contributed by atoms with E-state index in [1.807, 2.05) is 16.3 Å². The Balaban J connectivity index is 1.87. The molecule has 3 heterocycles. The molecule has 1 unspecified atom stereocenters. The second-order valence-electron chi connectivity index (χ2n) is 4.46. The van der Waals surface area contributed by atoms with Crippen LogP contribution in [-0.2, 0) is 24.8 Å². The van der Waals surface area contributed by atoms with Crippen molar-refractivity contribution in [3.8, 4) is 0 Å². The van der Waals surface area contributed by atoms with Crippen LogP contribution in [0.1, 0.15) is 22.3 Å². The van der Waals surface area contributed by atoms with Crippen LogP contribution in [0.3, 0.4) is 0 Å². The molecule has 0 saturated heterocycles. The predicted octanol–water partition coefficient (Wildman–Crippen LogP) is 0.456. The number of hydrogen-bond donors (Lipinski definition) is 1. The van der Waals surface area contributed by atoms with Crippen LogP contribution >= 0.6 is 11.3 Å². The third-order valence-electron chi connectivity index (χ3n) is 3.19. The van der Waals surface area contributed by atoms with Crippen molar-refractivity contribution < 1.29 is 9.90 Å². The van der Waals surface area contributed by atoms with Gasteiger partial charge < -0.3 is 5.11 Å². The van der Waals surface area contributed by atoms with Crippen molar-refractivity contribution in [1.82, 2.24) is 25.1 Å². The summed E-state index contributed by atoms with van der Waals surface area (Å²) in [6.07, 6.45) is 0.872. The lowest BCUT2D eigenvalue weighted by molar-refractivity contribution is -0.144. The number of aromatic nitrogens is 4. The molecule has 0 spiro atoms. The molecule has 0 fully saturated rings. The summed E-state index contributed by atoms with van der Waals surface area (Å²) in [5.41, 5.74) is 0.896. The van der Waals surface area contributed by atoms with Crippen molar-refractivity contribution >= 4 is 17.3 Å². The standard InChI is InChI=1S/C11H13N5O2S/c1-15-13-9(12-14-15)6-16-4-2-8-7(3-5-19-8)10(16)11(17)18/h3,5,10H,2,4,6H2,1H3,(H,17,18). The van der Waals surface area contributed by atoms with E-state index in [9.17, 15) is 9.90 Å². The summed E-state index contributed by atoms with van der Waals surface area (Å²) in [5.74, 6) is -0.282. The minimum atomic E-state index is -0.830. The summed E-state index contributed by atoms with van der Waals surface area (Å²) < 4.78 is 0. The van der Waals surface area contributed by atoms with Crippen molar-refractivity contribution in [3.63, 3.8) is 0 Å². The SMILES string of the molecule is Cn1nnc(CN2CCc3sccc3C2C(=O)O)n1. The minimum Gasteiger partial charge on any atom is -0.480 e. The molecule has 19 heavy (non-hydrogen) atoms. The van der Waals surface area contributed by atoms with E-state index in [-0.39, 0.29) is 0 Å². The molecule has 2 aromatic heterocycles. The summed E-state index contributed by atoms with van der Waals surface area (Å²) in [7, 11) is 1.69. The Morgan fingerprint density at radius 2 is 2.47 bits per heavy atom. The summed E-state index contributed by atoms with van der Waals surface area (Å²) >= 11 is 1.62. The van der Waals surface area contributed by atoms with Gasteiger partial charge in [0.1, 0.15) is 6.04 Å². The second-order valence-corrected chi connectivity index (χ2v) is 5.46. The highest BCUT2D eigenvalue weighted by Gasteiger charge is 2.34. The van der Waals surface area contributed by atoms with Crippen LogP contribution in [0.4, 0.5) is 0 Å². The van der Waals surface area contributed by atoms with Crippen LogP contribution in [-0.4, -0.2) is 42.7 Å². The molecule has 8 heteroatoms. The first-order chi connectivity index (χ1) is 9.15. The maximum atomic E-state index is 11.5. The zero-order valence-corrected chi connectivity index (χ0v) is 11.2. The number of carboxylic acids is 1. The van der Waals surface area contributed by atoms with Gasteiger partial charge in [-0.1, -0.05) is 0 Å². The molecular weight excluding hydrogens is 266 g/mol. The van der Waals surface area contributed by atoms with E-state index in [2.05, 4.69) is 15.4 Å². The highest BCUT2D eigenvalue weighted by molar-refractivity contribution is 7.10. The molecule has 0 radical (unpaired) electrons. The van der Waals surface area contributed by atoms with Gasteiger partial charge in [0.2, 0.25) is 0 Å². The van der Waals surface area contributed by atoms with Crippen LogP contribution < -0.4 is 0 Å². The number of thiophene rings is 1. The second kappa shape index (κ2) is 4.71. The Kier molecular flexibility index (Phi) is 3.03. The Labute approximate surface area is 113 Å². The molecule has 1 atom stereocenters. The highest BCUT2D eigenvalue weighted by atomic mass is 32.1. The van der Waals surface area contributed by atoms with E-state index in [0.717, 1.165) is 16.9 Å². The largest absolute Gasteiger partial charge is 0.480 e. The van der Waals surface area contributed by atoms with E-state index >= 15 is 0 Å². The van der Waals surface area contributed by atoms with E-state index in [1.54, 1.807) is 18.4 Å². The molecule has 0 saturated carbocycles. The molecule has 7 nitrogen and oxygen atoms in total. The van der Waals surface area contributed by atoms with Gasteiger partial charge in [0.25, 0.3) is 0 Å². The predicted molar refractivity (Wildman–Crippen MR) is 67.6 cm³/mol. The molecule has 0 amide bonds. The smallest absolute Gasteiger partial charge is 0.325 e. The number of aryl methyl sites for hydroxylation is 1. The van der Waals surface area contributed by atoms with E-state index in [1.165, 1.54) is 4.80 Å². The molecular formula is C11H13N5O2S. The molecule has 0 aromatic carbocycles. The van der Waals surface area contributed by atoms with Gasteiger partial charge >= 0.3 is 5.97 Å². The van der Waals surface area contributed by atoms with Crippen LogP contribution in [0.15, 0.2) is 11.4 Å². The van der Waals surface area contributed by atoms with Crippen LogP contribution in [0.25, 0.3) is 0 Å². The zero-order valence-electron chi connectivity index (χ0n) is 10.4. The van der Waals surface area contributed by atoms with Crippen molar-refractivity contribution in [2.24, 2.45) is 7.05 Å². The van der Waals surface area contributed by atoms with Gasteiger partial charge in [-0.2, -0.15) is 4.80 Å². The molecule has 0 bridgehead atoms. The average molecular weight is 279 g/mol. The van der Waals surface area contributed by atoms with Gasteiger partial charge in [-0.3, -0.25) is 9.69 Å². The molecule has 0 aliphatic carbocycles. The van der Waals surface area contributed by atoms with Gasteiger partial charge in [0.15, 0.2) is 5.82 Å². The third kappa shape index (κ3) is 2.24. The monoisotopic (exact) mass is 279 g/mol. The lowest BCUT2D eigenvalue weighted by atomic mass is 10.00. The van der Waals surface area contributed by atoms with Crippen molar-refractivity contribution in [1.29, 1.82) is 0 Å². The number of aliphatic carboxylic acids is 1. The number of rotatable bonds is 3. The fourth-order valence-electron chi connectivity index (χ4n) is 2.40. The topological polar surface area (TPSA) is 84.1 Å². The number of tetrazole rings is 1. The van der Waals surface area contributed by atoms with Gasteiger partial charge in [-0.15, -0.1) is 21.5 Å². The maximum Gasteiger partial charge on any atom is 0.325 e. The van der Waals surface area contributed by atoms with Crippen LogP contribution in [0.2, 0.25) is 0 Å². The maximum absolute atomic E-state index is 11.5. The number of carboxylic acid groups (broad SMARTS) is 1. The highest BCUT2D eigenvalue weighted by Crippen LogP contribution is 2.33. The first-order valence-corrected chi connectivity index (χ1v) is 6.79. The Morgan fingerprint density at radius 1 is 1.63 bits per heavy atom. The third-order valence-corrected chi connectivity index (χ3v) is 4.19. The van der Waals surface area contributed by atoms with Crippen LogP contribution in [0.5, 0.6) is 0 Å². The van der Waals surface area contributed by atoms with E-state index < -0.39 is 12.0 Å². The number of nitrogens with zero attached hydrogens (tertiary/aromatic N) is 5. The van der Waals surface area contributed by atoms with Crippen LogP contribution in [0, 0.1) is 0 Å². The molecule has 1 aliphatic heterocycles. The van der Waals surface area contributed by atoms with Gasteiger partial charge in [0.05, 0.1) is 13.6 Å². The summed E-state index contributed by atoms with van der Waals surface area (Å²) in [4.78, 5) is 15.9. The van der Waals surface area contributed by atoms with Gasteiger partial charge in [0, 0.05) is 11.4 Å². The Morgan fingerprint density at radius 3 is 3.16 bits per heavy atom. The number of carbonyl (C=O) groups is 1. The molecule has 1 N–H and O–H groups in total. The molecule has 1 aliphatic rings. The summed E-state index contributed by atoms with van der Waals surface area (Å²) in [5, 5.41) is 23.2. The van der Waals surface area contributed by atoms with Gasteiger partial charge in [-0.25, -0.2) is 0 Å². The van der Waals surface area contributed by atoms with Crippen molar-refractivity contribution in [3.05, 3.63) is 27.7 Å². The van der Waals surface area contributed by atoms with Crippen molar-refractivity contribution in [2.45, 2.75) is 19.0 Å². The Hall–Kier alpha value is -1.80. The molecule has 2 aromatic rings. The molecule has 100 valence electrons. The van der Waals surface area contributed by atoms with E-state index in [4.69, 9.17) is 0 Å². The summed E-state index contributed by atoms with van der Waals surface area (Å²) in [6, 6.07) is 1.29. The fraction of sp³-hybridized carbons (Fsp3) is 0.455. The Bertz CT molecular complexity index is 608.